The van der Waals surface area contributed by atoms with Crippen LogP contribution in [-0.4, -0.2) is 36.2 Å². The average Bonchev–Trinajstić information content (AvgIpc) is 2.96. The molecule has 2 N–H and O–H groups in total. The first-order valence-corrected chi connectivity index (χ1v) is 8.20. The number of aromatic nitrogens is 1. The maximum absolute atomic E-state index is 12.3. The molecule has 0 radical (unpaired) electrons. The molecule has 23 heavy (non-hydrogen) atoms. The number of thiazole rings is 1. The van der Waals surface area contributed by atoms with Gasteiger partial charge in [-0.15, -0.1) is 23.7 Å². The van der Waals surface area contributed by atoms with E-state index in [2.05, 4.69) is 28.6 Å². The average molecular weight is 354 g/mol. The number of anilines is 1. The molecule has 1 aliphatic heterocycles. The van der Waals surface area contributed by atoms with Crippen molar-refractivity contribution >= 4 is 34.8 Å². The van der Waals surface area contributed by atoms with Crippen molar-refractivity contribution in [3.63, 3.8) is 0 Å². The van der Waals surface area contributed by atoms with Crippen molar-refractivity contribution in [3.8, 4) is 11.3 Å². The number of benzene rings is 1. The van der Waals surface area contributed by atoms with Crippen LogP contribution in [-0.2, 0) is 9.53 Å². The molecule has 2 atom stereocenters. The van der Waals surface area contributed by atoms with Gasteiger partial charge in [0.25, 0.3) is 0 Å². The van der Waals surface area contributed by atoms with Gasteiger partial charge >= 0.3 is 0 Å². The van der Waals surface area contributed by atoms with Crippen molar-refractivity contribution in [1.82, 2.24) is 10.3 Å². The lowest BCUT2D eigenvalue weighted by Gasteiger charge is -2.28. The highest BCUT2D eigenvalue weighted by Crippen LogP contribution is 2.27. The van der Waals surface area contributed by atoms with Crippen molar-refractivity contribution in [3.05, 3.63) is 35.2 Å². The highest BCUT2D eigenvalue weighted by atomic mass is 35.5. The molecule has 0 unspecified atom stereocenters. The van der Waals surface area contributed by atoms with E-state index in [1.54, 1.807) is 0 Å². The lowest BCUT2D eigenvalue weighted by atomic mass is 10.1. The molecule has 3 rings (SSSR count). The van der Waals surface area contributed by atoms with E-state index in [0.717, 1.165) is 11.3 Å². The van der Waals surface area contributed by atoms with Crippen LogP contribution in [0.3, 0.4) is 0 Å². The van der Waals surface area contributed by atoms with Crippen LogP contribution >= 0.6 is 23.7 Å². The number of hydrogen-bond donors (Lipinski definition) is 2. The summed E-state index contributed by atoms with van der Waals surface area (Å²) in [5, 5.41) is 8.63. The number of carbonyl (C=O) groups excluding carboxylic acids is 1. The molecule has 1 saturated heterocycles. The van der Waals surface area contributed by atoms with Crippen molar-refractivity contribution in [1.29, 1.82) is 0 Å². The van der Waals surface area contributed by atoms with Crippen LogP contribution in [0.4, 0.5) is 5.13 Å². The fraction of sp³-hybridized carbons (Fsp3) is 0.375. The molecule has 0 aliphatic carbocycles. The molecular formula is C16H20ClN3O2S. The van der Waals surface area contributed by atoms with Gasteiger partial charge in [-0.2, -0.15) is 0 Å². The van der Waals surface area contributed by atoms with Gasteiger partial charge in [-0.05, 0) is 19.4 Å². The van der Waals surface area contributed by atoms with Gasteiger partial charge in [-0.3, -0.25) is 4.79 Å². The van der Waals surface area contributed by atoms with Crippen molar-refractivity contribution in [2.24, 2.45) is 0 Å². The van der Waals surface area contributed by atoms with Crippen molar-refractivity contribution < 1.29 is 9.53 Å². The van der Waals surface area contributed by atoms with Crippen LogP contribution in [0.2, 0.25) is 0 Å². The third-order valence-electron chi connectivity index (χ3n) is 3.75. The number of halogens is 1. The van der Waals surface area contributed by atoms with E-state index in [-0.39, 0.29) is 30.5 Å². The molecule has 0 saturated carbocycles. The number of nitrogens with one attached hydrogen (secondary N) is 2. The second kappa shape index (κ2) is 7.88. The summed E-state index contributed by atoms with van der Waals surface area (Å²) in [6.07, 6.45) is -0.135. The quantitative estimate of drug-likeness (QED) is 0.890. The smallest absolute Gasteiger partial charge is 0.245 e. The van der Waals surface area contributed by atoms with Gasteiger partial charge in [0.05, 0.1) is 18.4 Å². The zero-order valence-corrected chi connectivity index (χ0v) is 14.7. The molecule has 1 aromatic carbocycles. The third kappa shape index (κ3) is 4.09. The topological polar surface area (TPSA) is 63.2 Å². The Morgan fingerprint density at radius 1 is 1.43 bits per heavy atom. The van der Waals surface area contributed by atoms with Gasteiger partial charge in [0.15, 0.2) is 5.13 Å². The van der Waals surface area contributed by atoms with E-state index >= 15 is 0 Å². The zero-order chi connectivity index (χ0) is 15.5. The van der Waals surface area contributed by atoms with Gasteiger partial charge in [-0.1, -0.05) is 24.3 Å². The van der Waals surface area contributed by atoms with Crippen LogP contribution in [0.15, 0.2) is 29.6 Å². The molecular weight excluding hydrogens is 334 g/mol. The monoisotopic (exact) mass is 353 g/mol. The summed E-state index contributed by atoms with van der Waals surface area (Å²) >= 11 is 1.43. The van der Waals surface area contributed by atoms with E-state index in [9.17, 15) is 4.79 Å². The number of hydrogen-bond acceptors (Lipinski definition) is 5. The fourth-order valence-corrected chi connectivity index (χ4v) is 3.24. The minimum absolute atomic E-state index is 0. The Balaban J connectivity index is 0.00000192. The molecule has 7 heteroatoms. The zero-order valence-electron chi connectivity index (χ0n) is 13.0. The molecule has 5 nitrogen and oxygen atoms in total. The van der Waals surface area contributed by atoms with Crippen LogP contribution < -0.4 is 10.6 Å². The molecule has 1 fully saturated rings. The summed E-state index contributed by atoms with van der Waals surface area (Å²) in [5.74, 6) is -0.0992. The first kappa shape index (κ1) is 17.9. The number of morpholine rings is 1. The van der Waals surface area contributed by atoms with Crippen LogP contribution in [0.1, 0.15) is 12.5 Å². The maximum atomic E-state index is 12.3. The first-order chi connectivity index (χ1) is 10.6. The van der Waals surface area contributed by atoms with Gasteiger partial charge in [0.1, 0.15) is 6.04 Å². The summed E-state index contributed by atoms with van der Waals surface area (Å²) in [4.78, 5) is 16.8. The fourth-order valence-electron chi connectivity index (χ4n) is 2.53. The normalized spacial score (nSPS) is 20.6. The number of carbonyl (C=O) groups is 1. The van der Waals surface area contributed by atoms with Crippen LogP contribution in [0.25, 0.3) is 11.3 Å². The van der Waals surface area contributed by atoms with Crippen LogP contribution in [0.5, 0.6) is 0 Å². The Labute approximate surface area is 145 Å². The number of ether oxygens (including phenoxy) is 1. The number of nitrogens with zero attached hydrogens (tertiary/aromatic N) is 1. The first-order valence-electron chi connectivity index (χ1n) is 7.32. The summed E-state index contributed by atoms with van der Waals surface area (Å²) in [5.41, 5.74) is 3.15. The number of amides is 1. The summed E-state index contributed by atoms with van der Waals surface area (Å²) in [6, 6.07) is 7.75. The van der Waals surface area contributed by atoms with Crippen molar-refractivity contribution in [2.75, 3.05) is 18.5 Å². The predicted octanol–water partition coefficient (Wildman–Crippen LogP) is 2.86. The molecule has 1 aliphatic rings. The Kier molecular flexibility index (Phi) is 6.12. The Morgan fingerprint density at radius 3 is 2.96 bits per heavy atom. The lowest BCUT2D eigenvalue weighted by molar-refractivity contribution is -0.123. The predicted molar refractivity (Wildman–Crippen MR) is 95.4 cm³/mol. The molecule has 2 aromatic rings. The van der Waals surface area contributed by atoms with E-state index in [4.69, 9.17) is 4.74 Å². The summed E-state index contributed by atoms with van der Waals surface area (Å²) in [6.45, 7) is 5.28. The molecule has 0 bridgehead atoms. The van der Waals surface area contributed by atoms with Gasteiger partial charge in [0, 0.05) is 17.5 Å². The Morgan fingerprint density at radius 2 is 2.22 bits per heavy atom. The molecule has 0 spiro atoms. The number of aryl methyl sites for hydroxylation is 1. The minimum atomic E-state index is -0.334. The molecule has 1 amide bonds. The Bertz CT molecular complexity index is 677. The van der Waals surface area contributed by atoms with E-state index in [1.165, 1.54) is 16.9 Å². The summed E-state index contributed by atoms with van der Waals surface area (Å²) in [7, 11) is 0. The summed E-state index contributed by atoms with van der Waals surface area (Å²) < 4.78 is 5.50. The minimum Gasteiger partial charge on any atom is -0.375 e. The highest BCUT2D eigenvalue weighted by Gasteiger charge is 2.28. The van der Waals surface area contributed by atoms with Gasteiger partial charge in [-0.25, -0.2) is 4.98 Å². The second-order valence-electron chi connectivity index (χ2n) is 5.35. The van der Waals surface area contributed by atoms with E-state index in [1.807, 2.05) is 30.5 Å². The molecule has 2 heterocycles. The van der Waals surface area contributed by atoms with Crippen LogP contribution in [0, 0.1) is 6.92 Å². The SMILES string of the molecule is Cc1ccccc1-c1csc(NC(=O)[C@H]2NCCO[C@@H]2C)n1.Cl. The largest absolute Gasteiger partial charge is 0.375 e. The highest BCUT2D eigenvalue weighted by molar-refractivity contribution is 7.14. The maximum Gasteiger partial charge on any atom is 0.245 e. The standard InChI is InChI=1S/C16H19N3O2S.ClH/c1-10-5-3-4-6-12(10)13-9-22-16(18-13)19-15(20)14-11(2)21-8-7-17-14;/h3-6,9,11,14,17H,7-8H2,1-2H3,(H,18,19,20);1H/t11-,14+;/m1./s1. The van der Waals surface area contributed by atoms with E-state index < -0.39 is 0 Å². The molecule has 1 aromatic heterocycles. The molecule has 124 valence electrons. The van der Waals surface area contributed by atoms with Crippen molar-refractivity contribution in [2.45, 2.75) is 26.0 Å². The van der Waals surface area contributed by atoms with Gasteiger partial charge in [0.2, 0.25) is 5.91 Å². The Hall–Kier alpha value is -1.47. The number of rotatable bonds is 3. The van der Waals surface area contributed by atoms with E-state index in [0.29, 0.717) is 18.3 Å². The second-order valence-corrected chi connectivity index (χ2v) is 6.21. The lowest BCUT2D eigenvalue weighted by Crippen LogP contribution is -2.53. The van der Waals surface area contributed by atoms with Gasteiger partial charge < -0.3 is 15.4 Å². The third-order valence-corrected chi connectivity index (χ3v) is 4.51.